The molecule has 33 heavy (non-hydrogen) atoms. The van der Waals surface area contributed by atoms with Gasteiger partial charge in [0, 0.05) is 12.0 Å². The predicted molar refractivity (Wildman–Crippen MR) is 137 cm³/mol. The Morgan fingerprint density at radius 2 is 1.24 bits per heavy atom. The van der Waals surface area contributed by atoms with Crippen molar-refractivity contribution in [3.63, 3.8) is 0 Å². The van der Waals surface area contributed by atoms with E-state index in [1.165, 1.54) is 103 Å². The lowest BCUT2D eigenvalue weighted by atomic mass is 9.16. The van der Waals surface area contributed by atoms with Crippen LogP contribution in [-0.2, 0) is 4.74 Å². The number of rotatable bonds is 1. The van der Waals surface area contributed by atoms with E-state index in [0.717, 1.165) is 48.0 Å². The number of piperidine rings is 2. The zero-order chi connectivity index (χ0) is 21.8. The summed E-state index contributed by atoms with van der Waals surface area (Å²) in [7, 11) is 0. The van der Waals surface area contributed by atoms with Gasteiger partial charge in [0.05, 0.1) is 6.10 Å². The van der Waals surface area contributed by atoms with Crippen LogP contribution in [0.4, 0.5) is 0 Å². The molecule has 3 aliphatic carbocycles. The van der Waals surface area contributed by atoms with Crippen LogP contribution < -0.4 is 10.6 Å². The van der Waals surface area contributed by atoms with Crippen LogP contribution in [0.25, 0.3) is 0 Å². The summed E-state index contributed by atoms with van der Waals surface area (Å²) in [6, 6.07) is 0.777. The third kappa shape index (κ3) is 3.39. The molecule has 1 spiro atoms. The minimum absolute atomic E-state index is 0.344. The summed E-state index contributed by atoms with van der Waals surface area (Å²) < 4.78 is 6.99. The molecule has 0 aromatic rings. The zero-order valence-corrected chi connectivity index (χ0v) is 21.1. The topological polar surface area (TPSA) is 33.3 Å². The maximum absolute atomic E-state index is 6.99. The third-order valence-corrected chi connectivity index (χ3v) is 12.4. The largest absolute Gasteiger partial charge is 0.360 e. The number of nitrogens with one attached hydrogen (secondary N) is 2. The highest BCUT2D eigenvalue weighted by atomic mass is 16.5. The van der Waals surface area contributed by atoms with E-state index < -0.39 is 0 Å². The molecule has 4 heteroatoms. The van der Waals surface area contributed by atoms with Gasteiger partial charge >= 0.3 is 0 Å². The molecule has 4 heterocycles. The maximum atomic E-state index is 6.99. The van der Waals surface area contributed by atoms with E-state index in [1.54, 1.807) is 19.3 Å². The molecule has 7 fully saturated rings. The van der Waals surface area contributed by atoms with Crippen LogP contribution in [0.15, 0.2) is 0 Å². The summed E-state index contributed by atoms with van der Waals surface area (Å²) in [6.45, 7) is 3.48. The Kier molecular flexibility index (Phi) is 6.12. The lowest BCUT2D eigenvalue weighted by Crippen LogP contribution is -2.75. The normalized spacial score (nSPS) is 50.7. The van der Waals surface area contributed by atoms with E-state index in [-0.39, 0.29) is 0 Å². The standard InChI is InChI=1S/C29H49BN2O/c1-2-10-20(11-3-1)30-24-15-6-4-12-21(24)29(27-25(30)16-9-18-31-27)22-13-5-7-17-26(22)33-28-23(29)14-8-19-32-28/h20-28,31-32H,1-19H2. The maximum Gasteiger partial charge on any atom is 0.151 e. The molecule has 7 rings (SSSR count). The summed E-state index contributed by atoms with van der Waals surface area (Å²) in [5.41, 5.74) is 0.503. The highest BCUT2D eigenvalue weighted by Gasteiger charge is 2.69. The van der Waals surface area contributed by atoms with E-state index >= 15 is 0 Å². The minimum atomic E-state index is 0.344. The van der Waals surface area contributed by atoms with Gasteiger partial charge in [-0.2, -0.15) is 0 Å². The number of ether oxygens (including phenoxy) is 1. The molecule has 184 valence electrons. The van der Waals surface area contributed by atoms with Crippen LogP contribution in [0.3, 0.4) is 0 Å². The van der Waals surface area contributed by atoms with Crippen LogP contribution in [0.1, 0.15) is 109 Å². The van der Waals surface area contributed by atoms with Gasteiger partial charge in [-0.1, -0.05) is 88.7 Å². The Labute approximate surface area is 203 Å². The van der Waals surface area contributed by atoms with Crippen molar-refractivity contribution in [2.24, 2.45) is 23.2 Å². The average molecular weight is 453 g/mol. The van der Waals surface area contributed by atoms with Crippen molar-refractivity contribution >= 4 is 6.71 Å². The van der Waals surface area contributed by atoms with Gasteiger partial charge in [0.25, 0.3) is 0 Å². The van der Waals surface area contributed by atoms with Crippen molar-refractivity contribution < 1.29 is 4.74 Å². The monoisotopic (exact) mass is 452 g/mol. The fourth-order valence-corrected chi connectivity index (χ4v) is 11.7. The summed E-state index contributed by atoms with van der Waals surface area (Å²) in [5, 5.41) is 8.31. The van der Waals surface area contributed by atoms with Gasteiger partial charge in [0.1, 0.15) is 6.23 Å². The smallest absolute Gasteiger partial charge is 0.151 e. The second-order valence-corrected chi connectivity index (χ2v) is 13.5. The van der Waals surface area contributed by atoms with Crippen LogP contribution in [0.5, 0.6) is 0 Å². The molecule has 0 aromatic carbocycles. The Balaban J connectivity index is 1.36. The van der Waals surface area contributed by atoms with Crippen LogP contribution in [0, 0.1) is 23.2 Å². The van der Waals surface area contributed by atoms with Crippen LogP contribution in [0.2, 0.25) is 17.5 Å². The lowest BCUT2D eigenvalue weighted by molar-refractivity contribution is -0.252. The van der Waals surface area contributed by atoms with E-state index in [0.29, 0.717) is 17.7 Å². The fraction of sp³-hybridized carbons (Fsp3) is 1.00. The molecule has 0 amide bonds. The van der Waals surface area contributed by atoms with Crippen molar-refractivity contribution in [1.82, 2.24) is 10.6 Å². The molecule has 4 saturated heterocycles. The number of hydrogen-bond donors (Lipinski definition) is 2. The molecule has 0 aromatic heterocycles. The van der Waals surface area contributed by atoms with Crippen LogP contribution >= 0.6 is 0 Å². The molecule has 0 bridgehead atoms. The van der Waals surface area contributed by atoms with Crippen molar-refractivity contribution in [3.05, 3.63) is 0 Å². The molecule has 2 N–H and O–H groups in total. The van der Waals surface area contributed by atoms with Gasteiger partial charge < -0.3 is 10.1 Å². The molecule has 7 aliphatic rings. The molecule has 9 unspecified atom stereocenters. The van der Waals surface area contributed by atoms with Gasteiger partial charge in [-0.25, -0.2) is 0 Å². The first-order valence-corrected chi connectivity index (χ1v) is 15.5. The van der Waals surface area contributed by atoms with Gasteiger partial charge in [-0.3, -0.25) is 5.32 Å². The van der Waals surface area contributed by atoms with E-state index in [4.69, 9.17) is 4.74 Å². The lowest BCUT2D eigenvalue weighted by Gasteiger charge is -2.71. The van der Waals surface area contributed by atoms with Crippen molar-refractivity contribution in [2.45, 2.75) is 145 Å². The summed E-state index contributed by atoms with van der Waals surface area (Å²) in [4.78, 5) is 0. The Bertz CT molecular complexity index is 647. The minimum Gasteiger partial charge on any atom is -0.360 e. The fourth-order valence-electron chi connectivity index (χ4n) is 11.7. The molecule has 4 aliphatic heterocycles. The van der Waals surface area contributed by atoms with E-state index in [2.05, 4.69) is 10.6 Å². The van der Waals surface area contributed by atoms with Crippen LogP contribution in [-0.4, -0.2) is 38.2 Å². The number of hydrogen-bond acceptors (Lipinski definition) is 3. The van der Waals surface area contributed by atoms with Gasteiger partial charge in [0.2, 0.25) is 0 Å². The molecule has 3 saturated carbocycles. The number of fused-ring (bicyclic) bond motifs is 8. The first-order valence-electron chi connectivity index (χ1n) is 15.5. The zero-order valence-electron chi connectivity index (χ0n) is 21.1. The highest BCUT2D eigenvalue weighted by molar-refractivity contribution is 6.64. The average Bonchev–Trinajstić information content (AvgIpc) is 2.89. The summed E-state index contributed by atoms with van der Waals surface area (Å²) in [6.07, 6.45) is 26.0. The Hall–Kier alpha value is -0.0551. The van der Waals surface area contributed by atoms with Crippen molar-refractivity contribution in [2.75, 3.05) is 13.1 Å². The first kappa shape index (κ1) is 22.2. The SMILES string of the molecule is C1CCC(B2C3CCCCC3C3(C4CCCCC4OC4NCCCC43)C3NCCCC23)CC1. The van der Waals surface area contributed by atoms with E-state index in [1.807, 2.05) is 0 Å². The highest BCUT2D eigenvalue weighted by Crippen LogP contribution is 2.70. The van der Waals surface area contributed by atoms with Gasteiger partial charge in [-0.05, 0) is 68.3 Å². The third-order valence-electron chi connectivity index (χ3n) is 12.4. The quantitative estimate of drug-likeness (QED) is 0.451. The van der Waals surface area contributed by atoms with Gasteiger partial charge in [0.15, 0.2) is 6.71 Å². The van der Waals surface area contributed by atoms with Crippen molar-refractivity contribution in [1.29, 1.82) is 0 Å². The first-order chi connectivity index (χ1) is 16.4. The van der Waals surface area contributed by atoms with Crippen molar-refractivity contribution in [3.8, 4) is 0 Å². The summed E-state index contributed by atoms with van der Waals surface area (Å²) >= 11 is 0. The molecular formula is C29H49BN2O. The summed E-state index contributed by atoms with van der Waals surface area (Å²) in [5.74, 6) is 5.55. The molecule has 9 atom stereocenters. The second-order valence-electron chi connectivity index (χ2n) is 13.5. The molecule has 3 nitrogen and oxygen atoms in total. The Morgan fingerprint density at radius 1 is 0.576 bits per heavy atom. The molecule has 0 radical (unpaired) electrons. The predicted octanol–water partition coefficient (Wildman–Crippen LogP) is 6.41. The second kappa shape index (κ2) is 9.11. The Morgan fingerprint density at radius 3 is 2.15 bits per heavy atom. The van der Waals surface area contributed by atoms with Gasteiger partial charge in [-0.15, -0.1) is 0 Å². The van der Waals surface area contributed by atoms with E-state index in [9.17, 15) is 0 Å². The molecular weight excluding hydrogens is 403 g/mol.